The van der Waals surface area contributed by atoms with Crippen molar-refractivity contribution in [3.63, 3.8) is 0 Å². The molecule has 1 amide bonds. The van der Waals surface area contributed by atoms with Gasteiger partial charge in [0.25, 0.3) is 5.91 Å². The lowest BCUT2D eigenvalue weighted by atomic mass is 9.79. The fourth-order valence-corrected chi connectivity index (χ4v) is 4.85. The molecule has 1 aliphatic heterocycles. The minimum absolute atomic E-state index is 0.0320. The van der Waals surface area contributed by atoms with E-state index in [9.17, 15) is 10.1 Å². The van der Waals surface area contributed by atoms with E-state index in [-0.39, 0.29) is 23.0 Å². The van der Waals surface area contributed by atoms with Crippen LogP contribution < -0.4 is 15.4 Å². The largest absolute Gasteiger partial charge is 0.456 e. The molecule has 2 N–H and O–H groups in total. The molecule has 0 spiro atoms. The normalized spacial score (nSPS) is 17.8. The maximum absolute atomic E-state index is 12.9. The van der Waals surface area contributed by atoms with Crippen molar-refractivity contribution >= 4 is 21.8 Å². The van der Waals surface area contributed by atoms with Gasteiger partial charge in [0, 0.05) is 27.2 Å². The summed E-state index contributed by atoms with van der Waals surface area (Å²) in [5.41, 5.74) is 1.81. The van der Waals surface area contributed by atoms with Crippen LogP contribution in [0.2, 0.25) is 0 Å². The van der Waals surface area contributed by atoms with Crippen molar-refractivity contribution in [2.45, 2.75) is 64.6 Å². The predicted molar refractivity (Wildman–Crippen MR) is 122 cm³/mol. The third-order valence-electron chi connectivity index (χ3n) is 5.27. The Kier molecular flexibility index (Phi) is 6.26. The van der Waals surface area contributed by atoms with E-state index in [2.05, 4.69) is 60.3 Å². The third-order valence-corrected chi connectivity index (χ3v) is 5.93. The van der Waals surface area contributed by atoms with Crippen LogP contribution in [0.3, 0.4) is 0 Å². The SMILES string of the molecule is Cc1cc(C(=O)NC2CC(C)(C)NC(C)(C)C2)ccc1Oc1cccc(Br)c1C#N. The van der Waals surface area contributed by atoms with Gasteiger partial charge in [-0.2, -0.15) is 5.26 Å². The summed E-state index contributed by atoms with van der Waals surface area (Å²) in [5, 5.41) is 16.2. The fraction of sp³-hybridized carbons (Fsp3) is 0.417. The summed E-state index contributed by atoms with van der Waals surface area (Å²) >= 11 is 3.37. The molecule has 0 aliphatic carbocycles. The standard InChI is InChI=1S/C24H28BrN3O2/c1-15-11-16(22(29)27-17-12-23(2,3)28-24(4,5)13-17)9-10-20(15)30-21-8-6-7-19(25)18(21)14-26/h6-11,17,28H,12-13H2,1-5H3,(H,27,29). The Labute approximate surface area is 186 Å². The van der Waals surface area contributed by atoms with Crippen LogP contribution in [-0.2, 0) is 0 Å². The van der Waals surface area contributed by atoms with Crippen molar-refractivity contribution in [3.05, 3.63) is 57.6 Å². The molecule has 3 rings (SSSR count). The van der Waals surface area contributed by atoms with Gasteiger partial charge in [0.15, 0.2) is 0 Å². The molecule has 0 bridgehead atoms. The van der Waals surface area contributed by atoms with Crippen LogP contribution in [0, 0.1) is 18.3 Å². The summed E-state index contributed by atoms with van der Waals surface area (Å²) in [6.07, 6.45) is 1.75. The number of piperidine rings is 1. The second-order valence-electron chi connectivity index (χ2n) is 9.28. The lowest BCUT2D eigenvalue weighted by Gasteiger charge is -2.46. The van der Waals surface area contributed by atoms with Crippen LogP contribution in [0.5, 0.6) is 11.5 Å². The van der Waals surface area contributed by atoms with Crippen molar-refractivity contribution in [1.82, 2.24) is 10.6 Å². The van der Waals surface area contributed by atoms with Crippen LogP contribution in [0.1, 0.15) is 62.0 Å². The number of carbonyl (C=O) groups excluding carboxylic acids is 1. The van der Waals surface area contributed by atoms with Crippen LogP contribution in [-0.4, -0.2) is 23.0 Å². The highest BCUT2D eigenvalue weighted by atomic mass is 79.9. The monoisotopic (exact) mass is 469 g/mol. The van der Waals surface area contributed by atoms with Gasteiger partial charge >= 0.3 is 0 Å². The van der Waals surface area contributed by atoms with Crippen molar-refractivity contribution in [2.75, 3.05) is 0 Å². The van der Waals surface area contributed by atoms with Gasteiger partial charge in [-0.05, 0) is 99.3 Å². The quantitative estimate of drug-likeness (QED) is 0.623. The van der Waals surface area contributed by atoms with Crippen molar-refractivity contribution < 1.29 is 9.53 Å². The lowest BCUT2D eigenvalue weighted by molar-refractivity contribution is 0.0873. The minimum atomic E-state index is -0.0803. The average Bonchev–Trinajstić information content (AvgIpc) is 2.60. The Balaban J connectivity index is 1.75. The second-order valence-corrected chi connectivity index (χ2v) is 10.1. The van der Waals surface area contributed by atoms with E-state index in [4.69, 9.17) is 4.74 Å². The van der Waals surface area contributed by atoms with Gasteiger partial charge in [-0.3, -0.25) is 4.79 Å². The summed E-state index contributed by atoms with van der Waals surface area (Å²) in [6.45, 7) is 10.6. The number of carbonyl (C=O) groups is 1. The summed E-state index contributed by atoms with van der Waals surface area (Å²) in [5.74, 6) is 1.01. The summed E-state index contributed by atoms with van der Waals surface area (Å²) in [6, 6.07) is 13.0. The molecular weight excluding hydrogens is 442 g/mol. The zero-order valence-electron chi connectivity index (χ0n) is 18.1. The smallest absolute Gasteiger partial charge is 0.251 e. The molecule has 1 fully saturated rings. The molecule has 0 atom stereocenters. The number of halogens is 1. The third kappa shape index (κ3) is 5.21. The van der Waals surface area contributed by atoms with Crippen LogP contribution >= 0.6 is 15.9 Å². The van der Waals surface area contributed by atoms with Gasteiger partial charge in [-0.15, -0.1) is 0 Å². The number of nitrogens with one attached hydrogen (secondary N) is 2. The van der Waals surface area contributed by atoms with E-state index in [1.807, 2.05) is 19.1 Å². The minimum Gasteiger partial charge on any atom is -0.456 e. The molecule has 0 radical (unpaired) electrons. The molecule has 1 heterocycles. The highest BCUT2D eigenvalue weighted by Gasteiger charge is 2.38. The molecule has 30 heavy (non-hydrogen) atoms. The number of amides is 1. The Morgan fingerprint density at radius 2 is 1.83 bits per heavy atom. The Bertz CT molecular complexity index is 992. The maximum Gasteiger partial charge on any atom is 0.251 e. The fourth-order valence-electron chi connectivity index (χ4n) is 4.41. The van der Waals surface area contributed by atoms with Crippen molar-refractivity contribution in [1.29, 1.82) is 5.26 Å². The molecule has 5 nitrogen and oxygen atoms in total. The van der Waals surface area contributed by atoms with Gasteiger partial charge in [-0.1, -0.05) is 6.07 Å². The highest BCUT2D eigenvalue weighted by Crippen LogP contribution is 2.32. The maximum atomic E-state index is 12.9. The van der Waals surface area contributed by atoms with E-state index in [1.165, 1.54) is 0 Å². The second kappa shape index (κ2) is 8.41. The Morgan fingerprint density at radius 3 is 2.43 bits per heavy atom. The Hall–Kier alpha value is -2.36. The number of hydrogen-bond acceptors (Lipinski definition) is 4. The molecule has 0 saturated carbocycles. The topological polar surface area (TPSA) is 74.2 Å². The molecule has 2 aromatic rings. The number of aryl methyl sites for hydroxylation is 1. The van der Waals surface area contributed by atoms with Crippen LogP contribution in [0.4, 0.5) is 0 Å². The highest BCUT2D eigenvalue weighted by molar-refractivity contribution is 9.10. The van der Waals surface area contributed by atoms with E-state index < -0.39 is 0 Å². The van der Waals surface area contributed by atoms with Gasteiger partial charge in [0.2, 0.25) is 0 Å². The number of benzene rings is 2. The number of ether oxygens (including phenoxy) is 1. The van der Waals surface area contributed by atoms with Crippen LogP contribution in [0.15, 0.2) is 40.9 Å². The molecule has 158 valence electrons. The first-order valence-electron chi connectivity index (χ1n) is 10.1. The molecule has 6 heteroatoms. The Morgan fingerprint density at radius 1 is 1.17 bits per heavy atom. The van der Waals surface area contributed by atoms with Crippen LogP contribution in [0.25, 0.3) is 0 Å². The number of hydrogen-bond donors (Lipinski definition) is 2. The lowest BCUT2D eigenvalue weighted by Crippen LogP contribution is -2.62. The zero-order chi connectivity index (χ0) is 22.1. The average molecular weight is 470 g/mol. The molecule has 1 aliphatic rings. The van der Waals surface area contributed by atoms with E-state index in [1.54, 1.807) is 24.3 Å². The molecular formula is C24H28BrN3O2. The molecule has 1 saturated heterocycles. The molecule has 2 aromatic carbocycles. The summed E-state index contributed by atoms with van der Waals surface area (Å²) in [4.78, 5) is 12.9. The first-order valence-corrected chi connectivity index (χ1v) is 10.9. The predicted octanol–water partition coefficient (Wildman–Crippen LogP) is 5.46. The van der Waals surface area contributed by atoms with E-state index in [0.29, 0.717) is 27.1 Å². The molecule has 0 aromatic heterocycles. The number of nitriles is 1. The van der Waals surface area contributed by atoms with Crippen molar-refractivity contribution in [2.24, 2.45) is 0 Å². The van der Waals surface area contributed by atoms with E-state index >= 15 is 0 Å². The van der Waals surface area contributed by atoms with Gasteiger partial charge in [0.1, 0.15) is 23.1 Å². The first-order chi connectivity index (χ1) is 14.0. The van der Waals surface area contributed by atoms with Gasteiger partial charge in [-0.25, -0.2) is 0 Å². The number of nitrogens with zero attached hydrogens (tertiary/aromatic N) is 1. The number of rotatable bonds is 4. The van der Waals surface area contributed by atoms with Gasteiger partial charge < -0.3 is 15.4 Å². The van der Waals surface area contributed by atoms with E-state index in [0.717, 1.165) is 18.4 Å². The first kappa shape index (κ1) is 22.3. The molecule has 0 unspecified atom stereocenters. The van der Waals surface area contributed by atoms with Gasteiger partial charge in [0.05, 0.1) is 0 Å². The summed E-state index contributed by atoms with van der Waals surface area (Å²) < 4.78 is 6.64. The zero-order valence-corrected chi connectivity index (χ0v) is 19.7. The van der Waals surface area contributed by atoms with Crippen molar-refractivity contribution in [3.8, 4) is 17.6 Å². The summed E-state index contributed by atoms with van der Waals surface area (Å²) in [7, 11) is 0.